The van der Waals surface area contributed by atoms with Crippen molar-refractivity contribution in [2.75, 3.05) is 24.9 Å². The quantitative estimate of drug-likeness (QED) is 0.642. The predicted octanol–water partition coefficient (Wildman–Crippen LogP) is 3.21. The number of sulfonamides is 1. The summed E-state index contributed by atoms with van der Waals surface area (Å²) in [4.78, 5) is 25.7. The molecule has 162 valence electrons. The number of carbonyl (C=O) groups excluding carboxylic acids is 2. The van der Waals surface area contributed by atoms with Crippen molar-refractivity contribution < 1.29 is 27.1 Å². The van der Waals surface area contributed by atoms with Crippen molar-refractivity contribution in [3.8, 4) is 0 Å². The summed E-state index contributed by atoms with van der Waals surface area (Å²) in [5.74, 6) is -1.90. The van der Waals surface area contributed by atoms with Gasteiger partial charge in [0.2, 0.25) is 0 Å². The predicted molar refractivity (Wildman–Crippen MR) is 111 cm³/mol. The van der Waals surface area contributed by atoms with Crippen LogP contribution in [0.2, 0.25) is 0 Å². The van der Waals surface area contributed by atoms with Crippen LogP contribution in [0.15, 0.2) is 47.4 Å². The van der Waals surface area contributed by atoms with Gasteiger partial charge in [0.25, 0.3) is 15.9 Å². The van der Waals surface area contributed by atoms with Gasteiger partial charge in [-0.3, -0.25) is 14.3 Å². The zero-order valence-corrected chi connectivity index (χ0v) is 18.1. The molecule has 1 amide bonds. The summed E-state index contributed by atoms with van der Waals surface area (Å²) in [5.41, 5.74) is 0.755. The number of hydrogen-bond acceptors (Lipinski definition) is 5. The second kappa shape index (κ2) is 9.71. The zero-order chi connectivity index (χ0) is 22.5. The molecule has 7 nitrogen and oxygen atoms in total. The number of nitrogens with zero attached hydrogens (tertiary/aromatic N) is 1. The average molecular weight is 437 g/mol. The van der Waals surface area contributed by atoms with E-state index < -0.39 is 27.7 Å². The van der Waals surface area contributed by atoms with Gasteiger partial charge in [0.1, 0.15) is 5.82 Å². The van der Waals surface area contributed by atoms with E-state index in [1.807, 2.05) is 0 Å². The Kier molecular flexibility index (Phi) is 7.55. The van der Waals surface area contributed by atoms with Gasteiger partial charge >= 0.3 is 5.97 Å². The van der Waals surface area contributed by atoms with E-state index in [0.717, 1.165) is 6.07 Å². The third kappa shape index (κ3) is 5.56. The molecule has 0 radical (unpaired) electrons. The summed E-state index contributed by atoms with van der Waals surface area (Å²) < 4.78 is 45.9. The average Bonchev–Trinajstić information content (AvgIpc) is 2.72. The van der Waals surface area contributed by atoms with Gasteiger partial charge in [0.15, 0.2) is 0 Å². The molecule has 2 aromatic rings. The number of aryl methyl sites for hydroxylation is 1. The highest BCUT2D eigenvalue weighted by molar-refractivity contribution is 7.92. The van der Waals surface area contributed by atoms with Gasteiger partial charge < -0.3 is 9.64 Å². The minimum atomic E-state index is -4.03. The standard InChI is InChI=1S/C21H25FN2O5S/c1-5-24(13-15(3)21(26)29-4)20(25)16-7-6-8-17(11-16)23-30(27,28)18-10-9-14(2)19(22)12-18/h6-12,15,23H,5,13H2,1-4H3. The van der Waals surface area contributed by atoms with Gasteiger partial charge in [-0.2, -0.15) is 0 Å². The van der Waals surface area contributed by atoms with Gasteiger partial charge in [0, 0.05) is 24.3 Å². The van der Waals surface area contributed by atoms with E-state index in [-0.39, 0.29) is 28.6 Å². The number of anilines is 1. The molecule has 0 aliphatic heterocycles. The second-order valence-electron chi connectivity index (χ2n) is 6.87. The fraction of sp³-hybridized carbons (Fsp3) is 0.333. The first-order valence-corrected chi connectivity index (χ1v) is 10.8. The summed E-state index contributed by atoms with van der Waals surface area (Å²) in [6.45, 7) is 5.50. The van der Waals surface area contributed by atoms with Crippen molar-refractivity contribution in [1.82, 2.24) is 4.90 Å². The lowest BCUT2D eigenvalue weighted by molar-refractivity contribution is -0.145. The Hall–Kier alpha value is -2.94. The highest BCUT2D eigenvalue weighted by atomic mass is 32.2. The number of methoxy groups -OCH3 is 1. The van der Waals surface area contributed by atoms with Gasteiger partial charge in [-0.25, -0.2) is 12.8 Å². The summed E-state index contributed by atoms with van der Waals surface area (Å²) in [7, 11) is -2.75. The zero-order valence-electron chi connectivity index (χ0n) is 17.3. The molecule has 2 rings (SSSR count). The number of hydrogen-bond donors (Lipinski definition) is 1. The molecule has 0 saturated carbocycles. The van der Waals surface area contributed by atoms with Gasteiger partial charge in [0.05, 0.1) is 17.9 Å². The van der Waals surface area contributed by atoms with Crippen molar-refractivity contribution in [3.05, 3.63) is 59.4 Å². The lowest BCUT2D eigenvalue weighted by Gasteiger charge is -2.23. The van der Waals surface area contributed by atoms with E-state index in [2.05, 4.69) is 4.72 Å². The number of amides is 1. The summed E-state index contributed by atoms with van der Waals surface area (Å²) in [5, 5.41) is 0. The molecule has 1 atom stereocenters. The Balaban J connectivity index is 2.23. The van der Waals surface area contributed by atoms with Crippen LogP contribution >= 0.6 is 0 Å². The maximum Gasteiger partial charge on any atom is 0.310 e. The first-order valence-electron chi connectivity index (χ1n) is 9.35. The molecule has 0 saturated heterocycles. The highest BCUT2D eigenvalue weighted by Gasteiger charge is 2.22. The molecule has 0 aliphatic carbocycles. The van der Waals surface area contributed by atoms with Crippen LogP contribution in [0, 0.1) is 18.7 Å². The maximum atomic E-state index is 13.8. The first kappa shape index (κ1) is 23.3. The minimum Gasteiger partial charge on any atom is -0.469 e. The number of carbonyl (C=O) groups is 2. The fourth-order valence-electron chi connectivity index (χ4n) is 2.82. The summed E-state index contributed by atoms with van der Waals surface area (Å²) >= 11 is 0. The Bertz CT molecular complexity index is 1040. The normalized spacial score (nSPS) is 12.2. The number of rotatable bonds is 8. The lowest BCUT2D eigenvalue weighted by atomic mass is 10.1. The molecular formula is C21H25FN2O5S. The Morgan fingerprint density at radius 3 is 2.50 bits per heavy atom. The molecule has 0 aliphatic rings. The van der Waals surface area contributed by atoms with Crippen LogP contribution in [-0.4, -0.2) is 45.4 Å². The molecule has 0 spiro atoms. The van der Waals surface area contributed by atoms with Crippen molar-refractivity contribution >= 4 is 27.6 Å². The number of nitrogens with one attached hydrogen (secondary N) is 1. The number of halogens is 1. The van der Waals surface area contributed by atoms with E-state index in [0.29, 0.717) is 12.1 Å². The van der Waals surface area contributed by atoms with Gasteiger partial charge in [-0.15, -0.1) is 0 Å². The van der Waals surface area contributed by atoms with Gasteiger partial charge in [-0.1, -0.05) is 19.1 Å². The summed E-state index contributed by atoms with van der Waals surface area (Å²) in [6.07, 6.45) is 0. The molecule has 0 aromatic heterocycles. The SMILES string of the molecule is CCN(CC(C)C(=O)OC)C(=O)c1cccc(NS(=O)(=O)c2ccc(C)c(F)c2)c1. The topological polar surface area (TPSA) is 92.8 Å². The van der Waals surface area contributed by atoms with Gasteiger partial charge in [-0.05, 0) is 49.7 Å². The number of ether oxygens (including phenoxy) is 1. The minimum absolute atomic E-state index is 0.166. The van der Waals surface area contributed by atoms with E-state index in [4.69, 9.17) is 4.74 Å². The van der Waals surface area contributed by atoms with Crippen molar-refractivity contribution in [3.63, 3.8) is 0 Å². The molecule has 0 bridgehead atoms. The van der Waals surface area contributed by atoms with Crippen molar-refractivity contribution in [2.45, 2.75) is 25.7 Å². The van der Waals surface area contributed by atoms with Crippen LogP contribution in [0.3, 0.4) is 0 Å². The van der Waals surface area contributed by atoms with E-state index in [1.165, 1.54) is 43.2 Å². The third-order valence-corrected chi connectivity index (χ3v) is 5.96. The third-order valence-electron chi connectivity index (χ3n) is 4.58. The van der Waals surface area contributed by atoms with Crippen LogP contribution in [0.1, 0.15) is 29.8 Å². The van der Waals surface area contributed by atoms with Crippen LogP contribution in [0.4, 0.5) is 10.1 Å². The van der Waals surface area contributed by atoms with E-state index in [1.54, 1.807) is 26.0 Å². The molecule has 1 N–H and O–H groups in total. The Morgan fingerprint density at radius 1 is 1.20 bits per heavy atom. The van der Waals surface area contributed by atoms with E-state index >= 15 is 0 Å². The molecule has 0 heterocycles. The number of benzene rings is 2. The molecule has 30 heavy (non-hydrogen) atoms. The van der Waals surface area contributed by atoms with Crippen LogP contribution in [0.25, 0.3) is 0 Å². The van der Waals surface area contributed by atoms with Crippen molar-refractivity contribution in [1.29, 1.82) is 0 Å². The summed E-state index contributed by atoms with van der Waals surface area (Å²) in [6, 6.07) is 9.62. The number of esters is 1. The Morgan fingerprint density at radius 2 is 1.90 bits per heavy atom. The fourth-order valence-corrected chi connectivity index (χ4v) is 3.88. The first-order chi connectivity index (χ1) is 14.1. The van der Waals surface area contributed by atoms with Crippen molar-refractivity contribution in [2.24, 2.45) is 5.92 Å². The van der Waals surface area contributed by atoms with Crippen LogP contribution in [0.5, 0.6) is 0 Å². The Labute approximate surface area is 175 Å². The molecule has 9 heteroatoms. The smallest absolute Gasteiger partial charge is 0.310 e. The molecule has 2 aromatic carbocycles. The van der Waals surface area contributed by atoms with Crippen LogP contribution < -0.4 is 4.72 Å². The molecule has 1 unspecified atom stereocenters. The molecular weight excluding hydrogens is 411 g/mol. The monoisotopic (exact) mass is 436 g/mol. The van der Waals surface area contributed by atoms with Crippen LogP contribution in [-0.2, 0) is 19.6 Å². The largest absolute Gasteiger partial charge is 0.469 e. The highest BCUT2D eigenvalue weighted by Crippen LogP contribution is 2.20. The van der Waals surface area contributed by atoms with E-state index in [9.17, 15) is 22.4 Å². The second-order valence-corrected chi connectivity index (χ2v) is 8.55. The maximum absolute atomic E-state index is 13.8. The lowest BCUT2D eigenvalue weighted by Crippen LogP contribution is -2.37. The molecule has 0 fully saturated rings.